The molecule has 0 bridgehead atoms. The Morgan fingerprint density at radius 1 is 0.872 bits per heavy atom. The lowest BCUT2D eigenvalue weighted by molar-refractivity contribution is -0.141. The molecule has 1 atom stereocenters. The first-order chi connectivity index (χ1) is 18.9. The van der Waals surface area contributed by atoms with Gasteiger partial charge in [-0.3, -0.25) is 9.59 Å². The molecule has 3 aromatic rings. The highest BCUT2D eigenvalue weighted by Gasteiger charge is 2.31. The molecule has 4 rings (SSSR count). The van der Waals surface area contributed by atoms with E-state index in [4.69, 9.17) is 11.6 Å². The standard InChI is InChI=1S/C34H41ClN2O2/c1-25(2)29-19-16-26(17-20-29)18-21-33(38)37(24-28-12-9-13-30(35)22-28)32(23-27-10-5-3-6-11-27)34(39)36-31-14-7-4-8-15-31/h3,5-6,9-13,16-17,19-20,22,25,31-32H,4,7-8,14-15,18,21,23-24H2,1-2H3,(H,36,39)/t32-/m1/s1. The summed E-state index contributed by atoms with van der Waals surface area (Å²) in [6, 6.07) is 25.6. The Balaban J connectivity index is 1.59. The van der Waals surface area contributed by atoms with E-state index in [1.54, 1.807) is 4.90 Å². The summed E-state index contributed by atoms with van der Waals surface area (Å²) in [6.07, 6.45) is 6.92. The monoisotopic (exact) mass is 544 g/mol. The van der Waals surface area contributed by atoms with Gasteiger partial charge in [0.1, 0.15) is 6.04 Å². The summed E-state index contributed by atoms with van der Waals surface area (Å²) in [7, 11) is 0. The minimum atomic E-state index is -0.607. The molecular weight excluding hydrogens is 504 g/mol. The molecule has 1 aliphatic carbocycles. The number of amides is 2. The first kappa shape index (κ1) is 28.9. The molecule has 1 aliphatic rings. The molecule has 0 spiro atoms. The van der Waals surface area contributed by atoms with E-state index in [-0.39, 0.29) is 17.9 Å². The Kier molecular flexibility index (Phi) is 10.6. The Hall–Kier alpha value is -3.11. The topological polar surface area (TPSA) is 49.4 Å². The van der Waals surface area contributed by atoms with Crippen LogP contribution in [0.5, 0.6) is 0 Å². The van der Waals surface area contributed by atoms with Crippen LogP contribution in [-0.2, 0) is 29.0 Å². The normalized spacial score (nSPS) is 14.7. The maximum atomic E-state index is 13.9. The molecule has 0 unspecified atom stereocenters. The van der Waals surface area contributed by atoms with Crippen LogP contribution in [0.25, 0.3) is 0 Å². The average Bonchev–Trinajstić information content (AvgIpc) is 2.95. The van der Waals surface area contributed by atoms with Crippen molar-refractivity contribution < 1.29 is 9.59 Å². The summed E-state index contributed by atoms with van der Waals surface area (Å²) in [5.41, 5.74) is 4.37. The van der Waals surface area contributed by atoms with Gasteiger partial charge >= 0.3 is 0 Å². The van der Waals surface area contributed by atoms with Crippen LogP contribution in [0, 0.1) is 0 Å². The van der Waals surface area contributed by atoms with Gasteiger partial charge in [0.15, 0.2) is 0 Å². The van der Waals surface area contributed by atoms with Gasteiger partial charge in [-0.1, -0.05) is 111 Å². The lowest BCUT2D eigenvalue weighted by Gasteiger charge is -2.33. The smallest absolute Gasteiger partial charge is 0.243 e. The number of carbonyl (C=O) groups is 2. The first-order valence-corrected chi connectivity index (χ1v) is 14.7. The number of carbonyl (C=O) groups excluding carboxylic acids is 2. The molecule has 39 heavy (non-hydrogen) atoms. The Bertz CT molecular complexity index is 1200. The molecule has 5 heteroatoms. The van der Waals surface area contributed by atoms with E-state index in [9.17, 15) is 9.59 Å². The Morgan fingerprint density at radius 3 is 2.23 bits per heavy atom. The van der Waals surface area contributed by atoms with Gasteiger partial charge in [-0.15, -0.1) is 0 Å². The van der Waals surface area contributed by atoms with Crippen LogP contribution in [0.4, 0.5) is 0 Å². The lowest BCUT2D eigenvalue weighted by atomic mass is 9.94. The van der Waals surface area contributed by atoms with E-state index in [2.05, 4.69) is 43.4 Å². The summed E-state index contributed by atoms with van der Waals surface area (Å²) in [4.78, 5) is 29.6. The van der Waals surface area contributed by atoms with Gasteiger partial charge in [-0.2, -0.15) is 0 Å². The van der Waals surface area contributed by atoms with Crippen LogP contribution in [0.2, 0.25) is 5.02 Å². The van der Waals surface area contributed by atoms with Gasteiger partial charge in [0.25, 0.3) is 0 Å². The third kappa shape index (κ3) is 8.69. The Labute approximate surface area is 238 Å². The Morgan fingerprint density at radius 2 is 1.56 bits per heavy atom. The molecular formula is C34H41ClN2O2. The maximum absolute atomic E-state index is 13.9. The minimum absolute atomic E-state index is 0.0253. The zero-order valence-corrected chi connectivity index (χ0v) is 24.0. The molecule has 1 N–H and O–H groups in total. The van der Waals surface area contributed by atoms with Crippen LogP contribution in [0.15, 0.2) is 78.9 Å². The highest BCUT2D eigenvalue weighted by atomic mass is 35.5. The van der Waals surface area contributed by atoms with Crippen molar-refractivity contribution in [3.8, 4) is 0 Å². The molecule has 0 saturated heterocycles. The van der Waals surface area contributed by atoms with Gasteiger partial charge in [0, 0.05) is 30.5 Å². The second-order valence-electron chi connectivity index (χ2n) is 11.1. The van der Waals surface area contributed by atoms with Crippen molar-refractivity contribution in [2.45, 2.75) is 89.8 Å². The summed E-state index contributed by atoms with van der Waals surface area (Å²) in [6.45, 7) is 4.69. The SMILES string of the molecule is CC(C)c1ccc(CCC(=O)N(Cc2cccc(Cl)c2)[C@H](Cc2ccccc2)C(=O)NC2CCCCC2)cc1. The van der Waals surface area contributed by atoms with Crippen molar-refractivity contribution in [2.75, 3.05) is 0 Å². The molecule has 1 saturated carbocycles. The van der Waals surface area contributed by atoms with E-state index in [1.807, 2.05) is 54.6 Å². The second kappa shape index (κ2) is 14.3. The van der Waals surface area contributed by atoms with E-state index in [0.717, 1.165) is 42.4 Å². The van der Waals surface area contributed by atoms with Gasteiger partial charge in [0.2, 0.25) is 11.8 Å². The minimum Gasteiger partial charge on any atom is -0.352 e. The average molecular weight is 545 g/mol. The van der Waals surface area contributed by atoms with Crippen molar-refractivity contribution in [2.24, 2.45) is 0 Å². The van der Waals surface area contributed by atoms with E-state index in [1.165, 1.54) is 12.0 Å². The summed E-state index contributed by atoms with van der Waals surface area (Å²) < 4.78 is 0. The molecule has 0 heterocycles. The van der Waals surface area contributed by atoms with Gasteiger partial charge < -0.3 is 10.2 Å². The van der Waals surface area contributed by atoms with Crippen LogP contribution in [0.1, 0.15) is 80.5 Å². The molecule has 1 fully saturated rings. The fraction of sp³-hybridized carbons (Fsp3) is 0.412. The van der Waals surface area contributed by atoms with Gasteiger partial charge in [-0.25, -0.2) is 0 Å². The molecule has 206 valence electrons. The number of aryl methyl sites for hydroxylation is 1. The summed E-state index contributed by atoms with van der Waals surface area (Å²) >= 11 is 6.30. The third-order valence-electron chi connectivity index (χ3n) is 7.74. The van der Waals surface area contributed by atoms with E-state index >= 15 is 0 Å². The highest BCUT2D eigenvalue weighted by molar-refractivity contribution is 6.30. The van der Waals surface area contributed by atoms with Crippen molar-refractivity contribution in [1.82, 2.24) is 10.2 Å². The molecule has 4 nitrogen and oxygen atoms in total. The van der Waals surface area contributed by atoms with Crippen molar-refractivity contribution >= 4 is 23.4 Å². The van der Waals surface area contributed by atoms with Crippen LogP contribution in [0.3, 0.4) is 0 Å². The number of nitrogens with one attached hydrogen (secondary N) is 1. The lowest BCUT2D eigenvalue weighted by Crippen LogP contribution is -2.52. The van der Waals surface area contributed by atoms with Crippen molar-refractivity contribution in [3.63, 3.8) is 0 Å². The number of hydrogen-bond donors (Lipinski definition) is 1. The van der Waals surface area contributed by atoms with Crippen molar-refractivity contribution in [3.05, 3.63) is 106 Å². The van der Waals surface area contributed by atoms with Gasteiger partial charge in [-0.05, 0) is 59.6 Å². The highest BCUT2D eigenvalue weighted by Crippen LogP contribution is 2.22. The van der Waals surface area contributed by atoms with Crippen molar-refractivity contribution in [1.29, 1.82) is 0 Å². The first-order valence-electron chi connectivity index (χ1n) is 14.4. The van der Waals surface area contributed by atoms with E-state index < -0.39 is 6.04 Å². The molecule has 0 aliphatic heterocycles. The van der Waals surface area contributed by atoms with Crippen LogP contribution < -0.4 is 5.32 Å². The van der Waals surface area contributed by atoms with E-state index in [0.29, 0.717) is 36.7 Å². The summed E-state index contributed by atoms with van der Waals surface area (Å²) in [5.74, 6) is 0.375. The second-order valence-corrected chi connectivity index (χ2v) is 11.5. The predicted octanol–water partition coefficient (Wildman–Crippen LogP) is 7.49. The summed E-state index contributed by atoms with van der Waals surface area (Å²) in [5, 5.41) is 3.93. The molecule has 0 radical (unpaired) electrons. The number of halogens is 1. The fourth-order valence-corrected chi connectivity index (χ4v) is 5.61. The molecule has 3 aromatic carbocycles. The molecule has 0 aromatic heterocycles. The number of rotatable bonds is 11. The zero-order valence-electron chi connectivity index (χ0n) is 23.2. The quantitative estimate of drug-likeness (QED) is 0.272. The fourth-order valence-electron chi connectivity index (χ4n) is 5.39. The maximum Gasteiger partial charge on any atom is 0.243 e. The van der Waals surface area contributed by atoms with Crippen LogP contribution >= 0.6 is 11.6 Å². The number of hydrogen-bond acceptors (Lipinski definition) is 2. The van der Waals surface area contributed by atoms with Crippen LogP contribution in [-0.4, -0.2) is 28.8 Å². The molecule has 2 amide bonds. The number of nitrogens with zero attached hydrogens (tertiary/aromatic N) is 1. The third-order valence-corrected chi connectivity index (χ3v) is 7.97. The zero-order chi connectivity index (χ0) is 27.6. The van der Waals surface area contributed by atoms with Gasteiger partial charge in [0.05, 0.1) is 0 Å². The predicted molar refractivity (Wildman–Crippen MR) is 160 cm³/mol. The largest absolute Gasteiger partial charge is 0.352 e. The number of benzene rings is 3.